The molecule has 7 heteroatoms. The van der Waals surface area contributed by atoms with Crippen LogP contribution >= 0.6 is 0 Å². The lowest BCUT2D eigenvalue weighted by Crippen LogP contribution is -2.36. The van der Waals surface area contributed by atoms with Gasteiger partial charge in [-0.2, -0.15) is 5.26 Å². The van der Waals surface area contributed by atoms with Crippen LogP contribution in [-0.4, -0.2) is 55.0 Å². The number of rotatable bonds is 7. The highest BCUT2D eigenvalue weighted by Gasteiger charge is 2.18. The Bertz CT molecular complexity index is 1300. The molecule has 7 nitrogen and oxygen atoms in total. The van der Waals surface area contributed by atoms with E-state index in [9.17, 15) is 15.2 Å². The van der Waals surface area contributed by atoms with E-state index in [2.05, 4.69) is 52.7 Å². The Morgan fingerprint density at radius 2 is 1.86 bits per heavy atom. The number of hydrogen-bond donors (Lipinski definition) is 2. The number of hydrogen-bond acceptors (Lipinski definition) is 5. The van der Waals surface area contributed by atoms with E-state index in [4.69, 9.17) is 4.74 Å². The van der Waals surface area contributed by atoms with Gasteiger partial charge in [0.05, 0.1) is 13.2 Å². The maximum absolute atomic E-state index is 12.6. The molecule has 0 aliphatic carbocycles. The van der Waals surface area contributed by atoms with Crippen molar-refractivity contribution >= 4 is 27.9 Å². The fourth-order valence-corrected chi connectivity index (χ4v) is 4.44. The van der Waals surface area contributed by atoms with E-state index in [1.165, 1.54) is 11.1 Å². The fourth-order valence-electron chi connectivity index (χ4n) is 4.44. The van der Waals surface area contributed by atoms with Gasteiger partial charge in [0.1, 0.15) is 11.6 Å². The Balaban J connectivity index is 1.60. The molecule has 3 aromatic rings. The molecule has 1 aliphatic rings. The van der Waals surface area contributed by atoms with Gasteiger partial charge < -0.3 is 24.6 Å². The topological polar surface area (TPSA) is 90.5 Å². The van der Waals surface area contributed by atoms with Gasteiger partial charge in [-0.05, 0) is 65.1 Å². The van der Waals surface area contributed by atoms with Crippen LogP contribution in [0.4, 0.5) is 5.69 Å². The van der Waals surface area contributed by atoms with E-state index in [0.717, 1.165) is 48.6 Å². The highest BCUT2D eigenvalue weighted by Crippen LogP contribution is 2.31. The maximum atomic E-state index is 12.6. The number of aliphatic hydroxyl groups excluding tert-OH is 1. The van der Waals surface area contributed by atoms with Crippen LogP contribution in [0.1, 0.15) is 19.5 Å². The molecule has 0 radical (unpaired) electrons. The van der Waals surface area contributed by atoms with Crippen LogP contribution in [0.2, 0.25) is 0 Å². The number of morpholine rings is 1. The normalized spacial score (nSPS) is 15.5. The fraction of sp³-hybridized carbons (Fsp3) is 0.357. The van der Waals surface area contributed by atoms with Crippen molar-refractivity contribution in [3.8, 4) is 17.3 Å². The number of amides is 1. The number of carbonyl (C=O) groups excluding carboxylic acids is 1. The van der Waals surface area contributed by atoms with Gasteiger partial charge in [-0.1, -0.05) is 25.1 Å². The van der Waals surface area contributed by atoms with E-state index in [0.29, 0.717) is 12.1 Å². The highest BCUT2D eigenvalue weighted by molar-refractivity contribution is 6.04. The SMILES string of the molecule is C/C(=C(/C#N)C(=O)NCC(C)CO)c1ccc(-c2ccc3cc(N4CCOCC4)ccc3c2)n1C. The average Bonchev–Trinajstić information content (AvgIpc) is 3.28. The lowest BCUT2D eigenvalue weighted by atomic mass is 10.0. The quantitative estimate of drug-likeness (QED) is 0.404. The van der Waals surface area contributed by atoms with Crippen molar-refractivity contribution in [3.05, 3.63) is 59.8 Å². The van der Waals surface area contributed by atoms with Crippen molar-refractivity contribution in [2.75, 3.05) is 44.4 Å². The molecular weight excluding hydrogens is 440 g/mol. The van der Waals surface area contributed by atoms with Crippen molar-refractivity contribution < 1.29 is 14.6 Å². The second kappa shape index (κ2) is 10.8. The summed E-state index contributed by atoms with van der Waals surface area (Å²) in [4.78, 5) is 14.9. The van der Waals surface area contributed by atoms with E-state index < -0.39 is 5.91 Å². The van der Waals surface area contributed by atoms with Crippen LogP contribution in [0.15, 0.2) is 54.1 Å². The molecule has 0 saturated carbocycles. The zero-order chi connectivity index (χ0) is 24.9. The first-order chi connectivity index (χ1) is 16.9. The molecule has 1 unspecified atom stereocenters. The van der Waals surface area contributed by atoms with Gasteiger partial charge in [0.2, 0.25) is 0 Å². The van der Waals surface area contributed by atoms with E-state index in [-0.39, 0.29) is 18.1 Å². The van der Waals surface area contributed by atoms with Crippen molar-refractivity contribution in [2.45, 2.75) is 13.8 Å². The van der Waals surface area contributed by atoms with Gasteiger partial charge in [-0.15, -0.1) is 0 Å². The van der Waals surface area contributed by atoms with Crippen LogP contribution in [0, 0.1) is 17.2 Å². The molecule has 35 heavy (non-hydrogen) atoms. The number of ether oxygens (including phenoxy) is 1. The van der Waals surface area contributed by atoms with E-state index >= 15 is 0 Å². The van der Waals surface area contributed by atoms with E-state index in [1.54, 1.807) is 6.92 Å². The van der Waals surface area contributed by atoms with Gasteiger partial charge >= 0.3 is 0 Å². The monoisotopic (exact) mass is 472 g/mol. The third kappa shape index (κ3) is 5.24. The Morgan fingerprint density at radius 1 is 1.14 bits per heavy atom. The minimum atomic E-state index is -0.421. The zero-order valence-electron chi connectivity index (χ0n) is 20.5. The Hall–Kier alpha value is -3.60. The zero-order valence-corrected chi connectivity index (χ0v) is 20.5. The van der Waals surface area contributed by atoms with Crippen molar-refractivity contribution in [1.82, 2.24) is 9.88 Å². The van der Waals surface area contributed by atoms with Gasteiger partial charge in [0, 0.05) is 50.4 Å². The number of aliphatic hydroxyl groups is 1. The molecule has 1 aliphatic heterocycles. The molecule has 1 aromatic heterocycles. The number of nitrogens with one attached hydrogen (secondary N) is 1. The third-order valence-electron chi connectivity index (χ3n) is 6.64. The highest BCUT2D eigenvalue weighted by atomic mass is 16.5. The molecule has 1 fully saturated rings. The van der Waals surface area contributed by atoms with Crippen molar-refractivity contribution in [2.24, 2.45) is 13.0 Å². The molecule has 182 valence electrons. The van der Waals surface area contributed by atoms with Crippen LogP contribution in [0.25, 0.3) is 27.6 Å². The molecule has 1 saturated heterocycles. The Kier molecular flexibility index (Phi) is 7.54. The second-order valence-corrected chi connectivity index (χ2v) is 9.12. The summed E-state index contributed by atoms with van der Waals surface area (Å²) in [6, 6.07) is 19.0. The lowest BCUT2D eigenvalue weighted by Gasteiger charge is -2.29. The van der Waals surface area contributed by atoms with E-state index in [1.807, 2.05) is 30.7 Å². The molecule has 1 atom stereocenters. The standard InChI is InChI=1S/C28H32N4O3/c1-19(18-33)17-30-28(34)25(16-29)20(2)26-8-9-27(31(26)3)23-5-4-22-15-24(7-6-21(22)14-23)32-10-12-35-13-11-32/h4-9,14-15,19,33H,10-13,17-18H2,1-3H3,(H,30,34)/b25-20+. The Morgan fingerprint density at radius 3 is 2.57 bits per heavy atom. The maximum Gasteiger partial charge on any atom is 0.262 e. The van der Waals surface area contributed by atoms with Gasteiger partial charge in [0.25, 0.3) is 5.91 Å². The van der Waals surface area contributed by atoms with Crippen LogP contribution in [0.5, 0.6) is 0 Å². The van der Waals surface area contributed by atoms with Crippen molar-refractivity contribution in [3.63, 3.8) is 0 Å². The minimum Gasteiger partial charge on any atom is -0.396 e. The number of fused-ring (bicyclic) bond motifs is 1. The number of aromatic nitrogens is 1. The summed E-state index contributed by atoms with van der Waals surface area (Å²) in [5.74, 6) is -0.492. The summed E-state index contributed by atoms with van der Waals surface area (Å²) in [5, 5.41) is 23.9. The number of allylic oxidation sites excluding steroid dienone is 1. The third-order valence-corrected chi connectivity index (χ3v) is 6.64. The average molecular weight is 473 g/mol. The summed E-state index contributed by atoms with van der Waals surface area (Å²) < 4.78 is 7.48. The van der Waals surface area contributed by atoms with Gasteiger partial charge in [0.15, 0.2) is 0 Å². The first kappa shape index (κ1) is 24.5. The minimum absolute atomic E-state index is 0.0215. The van der Waals surface area contributed by atoms with Crippen LogP contribution in [-0.2, 0) is 16.6 Å². The number of benzene rings is 2. The molecule has 2 heterocycles. The predicted molar refractivity (Wildman–Crippen MR) is 139 cm³/mol. The summed E-state index contributed by atoms with van der Waals surface area (Å²) in [6.07, 6.45) is 0. The first-order valence-electron chi connectivity index (χ1n) is 12.0. The lowest BCUT2D eigenvalue weighted by molar-refractivity contribution is -0.117. The summed E-state index contributed by atoms with van der Waals surface area (Å²) in [7, 11) is 1.95. The summed E-state index contributed by atoms with van der Waals surface area (Å²) >= 11 is 0. The van der Waals surface area contributed by atoms with Crippen LogP contribution in [0.3, 0.4) is 0 Å². The number of carbonyl (C=O) groups is 1. The number of nitriles is 1. The first-order valence-corrected chi connectivity index (χ1v) is 12.0. The smallest absolute Gasteiger partial charge is 0.262 e. The summed E-state index contributed by atoms with van der Waals surface area (Å²) in [6.45, 7) is 7.26. The van der Waals surface area contributed by atoms with Crippen molar-refractivity contribution in [1.29, 1.82) is 5.26 Å². The number of anilines is 1. The van der Waals surface area contributed by atoms with Gasteiger partial charge in [-0.25, -0.2) is 0 Å². The largest absolute Gasteiger partial charge is 0.396 e. The predicted octanol–water partition coefficient (Wildman–Crippen LogP) is 3.72. The Labute approximate surface area is 206 Å². The second-order valence-electron chi connectivity index (χ2n) is 9.12. The molecule has 4 rings (SSSR count). The number of nitrogens with zero attached hydrogens (tertiary/aromatic N) is 3. The molecule has 2 N–H and O–H groups in total. The summed E-state index contributed by atoms with van der Waals surface area (Å²) in [5.41, 5.74) is 4.79. The van der Waals surface area contributed by atoms with Crippen LogP contribution < -0.4 is 10.2 Å². The molecule has 2 aromatic carbocycles. The molecule has 0 bridgehead atoms. The van der Waals surface area contributed by atoms with Gasteiger partial charge in [-0.3, -0.25) is 4.79 Å². The molecular formula is C28H32N4O3. The molecule has 1 amide bonds. The molecule has 0 spiro atoms.